The Hall–Kier alpha value is -1.91. The van der Waals surface area contributed by atoms with Crippen LogP contribution < -0.4 is 10.5 Å². The van der Waals surface area contributed by atoms with Gasteiger partial charge in [-0.25, -0.2) is 0 Å². The molecule has 1 unspecified atom stereocenters. The molecule has 0 amide bonds. The minimum atomic E-state index is -0.414. The highest BCUT2D eigenvalue weighted by atomic mass is 16.3. The lowest BCUT2D eigenvalue weighted by Crippen LogP contribution is -3.15. The van der Waals surface area contributed by atoms with Crippen molar-refractivity contribution in [1.29, 1.82) is 0 Å². The van der Waals surface area contributed by atoms with E-state index in [0.29, 0.717) is 11.8 Å². The summed E-state index contributed by atoms with van der Waals surface area (Å²) >= 11 is 0. The average molecular weight is 311 g/mol. The highest BCUT2D eigenvalue weighted by Crippen LogP contribution is 2.30. The highest BCUT2D eigenvalue weighted by Gasteiger charge is 2.37. The lowest BCUT2D eigenvalue weighted by molar-refractivity contribution is -0.914. The van der Waals surface area contributed by atoms with Gasteiger partial charge in [-0.1, -0.05) is 36.4 Å². The number of pyridine rings is 1. The molecule has 4 heteroatoms. The van der Waals surface area contributed by atoms with Crippen molar-refractivity contribution in [1.82, 2.24) is 4.57 Å². The molecule has 4 atom stereocenters. The van der Waals surface area contributed by atoms with Crippen LogP contribution in [0.25, 0.3) is 0 Å². The smallest absolute Gasteiger partial charge is 0.250 e. The van der Waals surface area contributed by atoms with Crippen LogP contribution in [0.2, 0.25) is 0 Å². The van der Waals surface area contributed by atoms with Crippen molar-refractivity contribution < 1.29 is 10.0 Å². The largest absolute Gasteiger partial charge is 0.382 e. The fraction of sp³-hybridized carbons (Fsp3) is 0.421. The molecule has 0 radical (unpaired) electrons. The predicted octanol–water partition coefficient (Wildman–Crippen LogP) is 0.584. The average Bonchev–Trinajstić information content (AvgIpc) is 2.57. The molecule has 4 rings (SSSR count). The molecule has 1 saturated heterocycles. The standard InChI is InChI=1S/C19H22N2O2/c22-18(15-5-2-1-3-6-15)13-20-10-14-9-16(12-20)17-7-4-8-19(23)21(17)11-14/h1-8,14,16,18,22H,9-13H2/p+1/t14-,16+,18+/m1/s1. The Morgan fingerprint density at radius 3 is 2.78 bits per heavy atom. The fourth-order valence-electron chi connectivity index (χ4n) is 4.35. The lowest BCUT2D eigenvalue weighted by atomic mass is 9.83. The van der Waals surface area contributed by atoms with Crippen LogP contribution >= 0.6 is 0 Å². The number of piperidine rings is 1. The lowest BCUT2D eigenvalue weighted by Gasteiger charge is -2.40. The van der Waals surface area contributed by atoms with Crippen molar-refractivity contribution in [2.45, 2.75) is 25.0 Å². The third-order valence-corrected chi connectivity index (χ3v) is 5.34. The van der Waals surface area contributed by atoms with Crippen LogP contribution in [0.15, 0.2) is 53.3 Å². The summed E-state index contributed by atoms with van der Waals surface area (Å²) in [4.78, 5) is 13.5. The minimum Gasteiger partial charge on any atom is -0.382 e. The zero-order valence-corrected chi connectivity index (χ0v) is 13.2. The molecule has 2 aliphatic heterocycles. The number of likely N-dealkylation sites (tertiary alicyclic amines) is 1. The molecule has 4 nitrogen and oxygen atoms in total. The first-order valence-corrected chi connectivity index (χ1v) is 8.47. The normalized spacial score (nSPS) is 27.3. The van der Waals surface area contributed by atoms with Gasteiger partial charge in [0.25, 0.3) is 5.56 Å². The van der Waals surface area contributed by atoms with Gasteiger partial charge in [0.15, 0.2) is 0 Å². The van der Waals surface area contributed by atoms with Crippen molar-refractivity contribution in [3.8, 4) is 0 Å². The Bertz CT molecular complexity index is 741. The van der Waals surface area contributed by atoms with E-state index in [1.165, 1.54) is 17.0 Å². The molecular weight excluding hydrogens is 288 g/mol. The summed E-state index contributed by atoms with van der Waals surface area (Å²) in [5, 5.41) is 10.5. The molecule has 0 spiro atoms. The number of aliphatic hydroxyl groups excluding tert-OH is 1. The van der Waals surface area contributed by atoms with Gasteiger partial charge < -0.3 is 14.6 Å². The van der Waals surface area contributed by atoms with Crippen LogP contribution in [-0.2, 0) is 6.54 Å². The summed E-state index contributed by atoms with van der Waals surface area (Å²) in [5.41, 5.74) is 2.30. The summed E-state index contributed by atoms with van der Waals surface area (Å²) in [6.07, 6.45) is 0.761. The van der Waals surface area contributed by atoms with Gasteiger partial charge in [-0.3, -0.25) is 4.79 Å². The number of aliphatic hydroxyl groups is 1. The Kier molecular flexibility index (Phi) is 3.79. The summed E-state index contributed by atoms with van der Waals surface area (Å²) in [6, 6.07) is 15.5. The summed E-state index contributed by atoms with van der Waals surface area (Å²) in [5.74, 6) is 0.980. The summed E-state index contributed by atoms with van der Waals surface area (Å²) in [7, 11) is 0. The van der Waals surface area contributed by atoms with Crippen LogP contribution in [0.1, 0.15) is 29.7 Å². The van der Waals surface area contributed by atoms with E-state index in [4.69, 9.17) is 0 Å². The Morgan fingerprint density at radius 2 is 1.96 bits per heavy atom. The number of benzene rings is 1. The molecule has 3 heterocycles. The number of nitrogens with one attached hydrogen (secondary N) is 1. The third kappa shape index (κ3) is 2.84. The van der Waals surface area contributed by atoms with Crippen LogP contribution in [0.3, 0.4) is 0 Å². The van der Waals surface area contributed by atoms with E-state index in [9.17, 15) is 9.90 Å². The van der Waals surface area contributed by atoms with Gasteiger partial charge in [0.2, 0.25) is 0 Å². The van der Waals surface area contributed by atoms with E-state index in [0.717, 1.165) is 31.7 Å². The number of quaternary nitrogens is 1. The Labute approximate surface area is 136 Å². The van der Waals surface area contributed by atoms with Gasteiger partial charge >= 0.3 is 0 Å². The van der Waals surface area contributed by atoms with E-state index >= 15 is 0 Å². The number of aromatic nitrogens is 1. The second kappa shape index (κ2) is 5.95. The predicted molar refractivity (Wildman–Crippen MR) is 88.5 cm³/mol. The Balaban J connectivity index is 1.51. The van der Waals surface area contributed by atoms with Crippen LogP contribution in [0.4, 0.5) is 0 Å². The first-order valence-electron chi connectivity index (χ1n) is 8.47. The molecule has 1 aromatic carbocycles. The van der Waals surface area contributed by atoms with Crippen molar-refractivity contribution in [3.05, 3.63) is 70.1 Å². The van der Waals surface area contributed by atoms with E-state index in [1.807, 2.05) is 41.0 Å². The van der Waals surface area contributed by atoms with Crippen LogP contribution in [0, 0.1) is 5.92 Å². The molecule has 1 aromatic heterocycles. The molecule has 0 aliphatic carbocycles. The number of hydrogen-bond acceptors (Lipinski definition) is 2. The molecule has 1 fully saturated rings. The number of fused-ring (bicyclic) bond motifs is 4. The maximum Gasteiger partial charge on any atom is 0.250 e. The van der Waals surface area contributed by atoms with E-state index in [2.05, 4.69) is 6.07 Å². The second-order valence-electron chi connectivity index (χ2n) is 6.99. The molecule has 2 aromatic rings. The van der Waals surface area contributed by atoms with Gasteiger partial charge in [-0.15, -0.1) is 0 Å². The molecule has 2 N–H and O–H groups in total. The van der Waals surface area contributed by atoms with Gasteiger partial charge in [0.1, 0.15) is 12.6 Å². The van der Waals surface area contributed by atoms with Crippen molar-refractivity contribution in [2.75, 3.05) is 19.6 Å². The summed E-state index contributed by atoms with van der Waals surface area (Å²) in [6.45, 7) is 3.62. The van der Waals surface area contributed by atoms with Gasteiger partial charge in [-0.05, 0) is 18.1 Å². The molecular formula is C19H23N2O2+. The molecule has 2 bridgehead atoms. The zero-order chi connectivity index (χ0) is 15.8. The van der Waals surface area contributed by atoms with Gasteiger partial charge in [-0.2, -0.15) is 0 Å². The quantitative estimate of drug-likeness (QED) is 0.871. The van der Waals surface area contributed by atoms with E-state index < -0.39 is 6.10 Å². The van der Waals surface area contributed by atoms with Crippen LogP contribution in [0.5, 0.6) is 0 Å². The number of rotatable bonds is 3. The topological polar surface area (TPSA) is 46.7 Å². The minimum absolute atomic E-state index is 0.130. The fourth-order valence-corrected chi connectivity index (χ4v) is 4.35. The van der Waals surface area contributed by atoms with E-state index in [-0.39, 0.29) is 5.56 Å². The van der Waals surface area contributed by atoms with Gasteiger partial charge in [0.05, 0.1) is 13.1 Å². The Morgan fingerprint density at radius 1 is 1.13 bits per heavy atom. The van der Waals surface area contributed by atoms with Crippen molar-refractivity contribution in [2.24, 2.45) is 5.92 Å². The number of nitrogens with zero attached hydrogens (tertiary/aromatic N) is 1. The molecule has 2 aliphatic rings. The zero-order valence-electron chi connectivity index (χ0n) is 13.2. The first-order chi connectivity index (χ1) is 11.2. The first kappa shape index (κ1) is 14.7. The highest BCUT2D eigenvalue weighted by molar-refractivity contribution is 5.18. The van der Waals surface area contributed by atoms with Crippen LogP contribution in [-0.4, -0.2) is 29.3 Å². The van der Waals surface area contributed by atoms with Gasteiger partial charge in [0, 0.05) is 30.1 Å². The van der Waals surface area contributed by atoms with Crippen molar-refractivity contribution in [3.63, 3.8) is 0 Å². The molecule has 23 heavy (non-hydrogen) atoms. The maximum absolute atomic E-state index is 12.1. The monoisotopic (exact) mass is 311 g/mol. The second-order valence-corrected chi connectivity index (χ2v) is 6.99. The maximum atomic E-state index is 12.1. The SMILES string of the molecule is O=c1cccc2n1C[C@@H]1C[C@H]2C[NH+](C[C@H](O)c2ccccc2)C1. The summed E-state index contributed by atoms with van der Waals surface area (Å²) < 4.78 is 1.96. The van der Waals surface area contributed by atoms with E-state index in [1.54, 1.807) is 6.07 Å². The van der Waals surface area contributed by atoms with Crippen molar-refractivity contribution >= 4 is 0 Å². The number of hydrogen-bond donors (Lipinski definition) is 2. The molecule has 120 valence electrons. The molecule has 0 saturated carbocycles. The third-order valence-electron chi connectivity index (χ3n) is 5.34.